The van der Waals surface area contributed by atoms with Gasteiger partial charge in [-0.3, -0.25) is 4.72 Å². The highest BCUT2D eigenvalue weighted by molar-refractivity contribution is 7.97. The minimum atomic E-state index is -0.212. The molecule has 0 saturated heterocycles. The molecular formula is C23H29N5OS2. The Labute approximate surface area is 192 Å². The highest BCUT2D eigenvalue weighted by Gasteiger charge is 2.15. The molecule has 5 N–H and O–H groups in total. The van der Waals surface area contributed by atoms with Crippen molar-refractivity contribution in [3.8, 4) is 21.0 Å². The Balaban J connectivity index is 1.78. The summed E-state index contributed by atoms with van der Waals surface area (Å²) in [7, 11) is 0. The molecule has 0 unspecified atom stereocenters. The summed E-state index contributed by atoms with van der Waals surface area (Å²) in [5.41, 5.74) is 9.58. The third-order valence-corrected chi connectivity index (χ3v) is 6.41. The third-order valence-electron chi connectivity index (χ3n) is 4.05. The second-order valence-corrected chi connectivity index (χ2v) is 10.4. The number of carbonyl (C=O) groups is 1. The van der Waals surface area contributed by atoms with Crippen molar-refractivity contribution in [1.82, 2.24) is 15.0 Å². The quantitative estimate of drug-likeness (QED) is 0.271. The second-order valence-electron chi connectivity index (χ2n) is 8.57. The Kier molecular flexibility index (Phi) is 7.25. The fourth-order valence-electron chi connectivity index (χ4n) is 2.69. The van der Waals surface area contributed by atoms with E-state index in [0.29, 0.717) is 0 Å². The number of nitrogens with zero attached hydrogens (tertiary/aromatic N) is 1. The van der Waals surface area contributed by atoms with E-state index in [9.17, 15) is 4.79 Å². The maximum absolute atomic E-state index is 11.9. The van der Waals surface area contributed by atoms with Gasteiger partial charge in [-0.1, -0.05) is 6.07 Å². The molecule has 0 aliphatic heterocycles. The largest absolute Gasteiger partial charge is 0.399 e. The average Bonchev–Trinajstić information content (AvgIpc) is 3.15. The highest BCUT2D eigenvalue weighted by atomic mass is 32.2. The van der Waals surface area contributed by atoms with E-state index in [1.807, 2.05) is 62.5 Å². The lowest BCUT2D eigenvalue weighted by Crippen LogP contribution is -2.34. The zero-order valence-electron chi connectivity index (χ0n) is 18.4. The van der Waals surface area contributed by atoms with E-state index in [4.69, 9.17) is 5.73 Å². The first kappa shape index (κ1) is 23.1. The number of urea groups is 1. The molecule has 0 aliphatic rings. The van der Waals surface area contributed by atoms with Crippen molar-refractivity contribution in [2.45, 2.75) is 51.1 Å². The molecule has 1 heterocycles. The van der Waals surface area contributed by atoms with Gasteiger partial charge in [0.15, 0.2) is 0 Å². The normalized spacial score (nSPS) is 11.5. The van der Waals surface area contributed by atoms with Gasteiger partial charge in [-0.15, -0.1) is 11.3 Å². The summed E-state index contributed by atoms with van der Waals surface area (Å²) >= 11 is 3.21. The van der Waals surface area contributed by atoms with Crippen molar-refractivity contribution >= 4 is 40.7 Å². The van der Waals surface area contributed by atoms with Crippen LogP contribution in [0.4, 0.5) is 16.2 Å². The van der Waals surface area contributed by atoms with Gasteiger partial charge < -0.3 is 16.4 Å². The van der Waals surface area contributed by atoms with E-state index < -0.39 is 0 Å². The van der Waals surface area contributed by atoms with Crippen LogP contribution >= 0.6 is 23.3 Å². The molecule has 2 amide bonds. The van der Waals surface area contributed by atoms with E-state index in [-0.39, 0.29) is 17.6 Å². The van der Waals surface area contributed by atoms with E-state index in [2.05, 4.69) is 41.1 Å². The molecule has 3 rings (SSSR count). The summed E-state index contributed by atoms with van der Waals surface area (Å²) in [5.74, 6) is 0. The Morgan fingerprint density at radius 3 is 2.48 bits per heavy atom. The number of hydrogen-bond donors (Lipinski definition) is 4. The van der Waals surface area contributed by atoms with E-state index >= 15 is 0 Å². The lowest BCUT2D eigenvalue weighted by atomic mass is 10.1. The van der Waals surface area contributed by atoms with Gasteiger partial charge in [-0.05, 0) is 83.0 Å². The fourth-order valence-corrected chi connectivity index (χ4v) is 4.62. The minimum Gasteiger partial charge on any atom is -0.399 e. The molecule has 0 saturated carbocycles. The molecule has 2 aromatic carbocycles. The van der Waals surface area contributed by atoms with E-state index in [1.54, 1.807) is 23.3 Å². The number of amides is 2. The molecule has 0 bridgehead atoms. The molecule has 31 heavy (non-hydrogen) atoms. The van der Waals surface area contributed by atoms with Crippen LogP contribution in [-0.4, -0.2) is 22.6 Å². The maximum Gasteiger partial charge on any atom is 0.319 e. The summed E-state index contributed by atoms with van der Waals surface area (Å²) < 4.78 is 3.45. The van der Waals surface area contributed by atoms with Gasteiger partial charge in [0, 0.05) is 45.2 Å². The zero-order valence-corrected chi connectivity index (χ0v) is 20.1. The molecule has 0 spiro atoms. The Bertz CT molecular complexity index is 1040. The Hall–Kier alpha value is -2.55. The third kappa shape index (κ3) is 6.72. The number of carbonyl (C=O) groups excluding carboxylic acids is 1. The molecule has 1 aromatic heterocycles. The van der Waals surface area contributed by atoms with Gasteiger partial charge in [0.05, 0.1) is 4.88 Å². The number of nitrogens with one attached hydrogen (secondary N) is 3. The van der Waals surface area contributed by atoms with Gasteiger partial charge in [-0.2, -0.15) is 0 Å². The topological polar surface area (TPSA) is 92.1 Å². The van der Waals surface area contributed by atoms with E-state index in [1.165, 1.54) is 0 Å². The van der Waals surface area contributed by atoms with Crippen molar-refractivity contribution in [2.24, 2.45) is 0 Å². The van der Waals surface area contributed by atoms with Crippen LogP contribution in [0.25, 0.3) is 21.0 Å². The number of benzene rings is 2. The van der Waals surface area contributed by atoms with Crippen molar-refractivity contribution in [1.29, 1.82) is 0 Å². The van der Waals surface area contributed by atoms with Gasteiger partial charge in [0.1, 0.15) is 5.01 Å². The number of thiazole rings is 1. The summed E-state index contributed by atoms with van der Waals surface area (Å²) in [6.07, 6.45) is 1.90. The van der Waals surface area contributed by atoms with Crippen molar-refractivity contribution in [3.05, 3.63) is 48.7 Å². The number of nitrogens with two attached hydrogens (primary N) is 1. The Morgan fingerprint density at radius 2 is 1.84 bits per heavy atom. The first-order valence-electron chi connectivity index (χ1n) is 10.1. The van der Waals surface area contributed by atoms with Gasteiger partial charge in [-0.25, -0.2) is 9.78 Å². The predicted molar refractivity (Wildman–Crippen MR) is 133 cm³/mol. The molecule has 0 radical (unpaired) electrons. The van der Waals surface area contributed by atoms with E-state index in [0.717, 1.165) is 37.3 Å². The standard InChI is InChI=1S/C23H29N5OS2/c1-14(2)26-22(29)27-17-9-6-15(7-10-17)21-25-13-20(30-21)18-11-8-16(24)12-19(18)31-28-23(3,4)5/h6-14,28H,24H2,1-5H3,(H2,26,27,29). The molecule has 6 nitrogen and oxygen atoms in total. The molecule has 0 fully saturated rings. The number of aromatic nitrogens is 1. The summed E-state index contributed by atoms with van der Waals surface area (Å²) in [6.45, 7) is 10.2. The summed E-state index contributed by atoms with van der Waals surface area (Å²) in [4.78, 5) is 18.6. The molecule has 0 atom stereocenters. The molecule has 3 aromatic rings. The Morgan fingerprint density at radius 1 is 1.13 bits per heavy atom. The number of anilines is 2. The smallest absolute Gasteiger partial charge is 0.319 e. The van der Waals surface area contributed by atoms with Crippen LogP contribution in [-0.2, 0) is 0 Å². The molecule has 8 heteroatoms. The average molecular weight is 456 g/mol. The maximum atomic E-state index is 11.9. The van der Waals surface area contributed by atoms with Crippen molar-refractivity contribution in [2.75, 3.05) is 11.1 Å². The van der Waals surface area contributed by atoms with Crippen LogP contribution in [0.3, 0.4) is 0 Å². The zero-order chi connectivity index (χ0) is 22.6. The summed E-state index contributed by atoms with van der Waals surface area (Å²) in [5, 5.41) is 6.57. The first-order chi connectivity index (χ1) is 14.6. The molecular weight excluding hydrogens is 426 g/mol. The van der Waals surface area contributed by atoms with Gasteiger partial charge in [0.25, 0.3) is 0 Å². The summed E-state index contributed by atoms with van der Waals surface area (Å²) in [6, 6.07) is 13.5. The predicted octanol–water partition coefficient (Wildman–Crippen LogP) is 5.98. The lowest BCUT2D eigenvalue weighted by Gasteiger charge is -2.20. The van der Waals surface area contributed by atoms with Crippen LogP contribution in [0.2, 0.25) is 0 Å². The first-order valence-corrected chi connectivity index (χ1v) is 11.7. The monoisotopic (exact) mass is 455 g/mol. The van der Waals surface area contributed by atoms with Gasteiger partial charge >= 0.3 is 6.03 Å². The van der Waals surface area contributed by atoms with Crippen LogP contribution in [0, 0.1) is 0 Å². The van der Waals surface area contributed by atoms with Gasteiger partial charge in [0.2, 0.25) is 0 Å². The molecule has 0 aliphatic carbocycles. The minimum absolute atomic E-state index is 0.0206. The van der Waals surface area contributed by atoms with Crippen LogP contribution in [0.5, 0.6) is 0 Å². The second kappa shape index (κ2) is 9.72. The number of rotatable bonds is 6. The van der Waals surface area contributed by atoms with Crippen LogP contribution < -0.4 is 21.1 Å². The van der Waals surface area contributed by atoms with Crippen molar-refractivity contribution < 1.29 is 4.79 Å². The SMILES string of the molecule is CC(C)NC(=O)Nc1ccc(-c2ncc(-c3ccc(N)cc3SNC(C)(C)C)s2)cc1. The fraction of sp³-hybridized carbons (Fsp3) is 0.304. The van der Waals surface area contributed by atoms with Crippen LogP contribution in [0.15, 0.2) is 53.6 Å². The number of nitrogen functional groups attached to an aromatic ring is 1. The number of hydrogen-bond acceptors (Lipinski definition) is 6. The lowest BCUT2D eigenvalue weighted by molar-refractivity contribution is 0.250. The molecule has 164 valence electrons. The highest BCUT2D eigenvalue weighted by Crippen LogP contribution is 2.38. The van der Waals surface area contributed by atoms with Crippen LogP contribution in [0.1, 0.15) is 34.6 Å². The van der Waals surface area contributed by atoms with Crippen molar-refractivity contribution in [3.63, 3.8) is 0 Å².